The first-order valence-corrected chi connectivity index (χ1v) is 4.04. The van der Waals surface area contributed by atoms with Gasteiger partial charge in [-0.2, -0.15) is 0 Å². The molecule has 1 aromatic carbocycles. The second kappa shape index (κ2) is 5.94. The van der Waals surface area contributed by atoms with Crippen LogP contribution in [0.25, 0.3) is 0 Å². The van der Waals surface area contributed by atoms with Crippen molar-refractivity contribution in [3.8, 4) is 0 Å². The number of Topliss-reactive ketones (excluding diaryl/α,β-unsaturated/α-hetero) is 1. The monoisotopic (exact) mass is 180 g/mol. The zero-order valence-corrected chi connectivity index (χ0v) is 7.65. The Hall–Kier alpha value is -1.64. The fourth-order valence-electron chi connectivity index (χ4n) is 0.713. The quantitative estimate of drug-likeness (QED) is 0.559. The van der Waals surface area contributed by atoms with Crippen molar-refractivity contribution in [2.24, 2.45) is 0 Å². The Balaban J connectivity index is 0.000000671. The number of hydrogen-bond donors (Lipinski definition) is 1. The Labute approximate surface area is 77.0 Å². The minimum absolute atomic E-state index is 0.208. The molecule has 0 aliphatic heterocycles. The number of hydrogen-bond acceptors (Lipinski definition) is 2. The maximum atomic E-state index is 10.7. The molecule has 13 heavy (non-hydrogen) atoms. The SMILES string of the molecule is CC.O=C(O)C(=O)c1ccccc1. The topological polar surface area (TPSA) is 54.4 Å². The summed E-state index contributed by atoms with van der Waals surface area (Å²) in [5.74, 6) is -2.29. The molecule has 3 nitrogen and oxygen atoms in total. The van der Waals surface area contributed by atoms with E-state index in [-0.39, 0.29) is 5.56 Å². The lowest BCUT2D eigenvalue weighted by molar-refractivity contribution is -0.131. The summed E-state index contributed by atoms with van der Waals surface area (Å²) in [7, 11) is 0. The third kappa shape index (κ3) is 3.51. The van der Waals surface area contributed by atoms with Gasteiger partial charge in [0, 0.05) is 5.56 Å². The maximum Gasteiger partial charge on any atom is 0.377 e. The van der Waals surface area contributed by atoms with Crippen molar-refractivity contribution >= 4 is 11.8 Å². The molecule has 0 saturated heterocycles. The van der Waals surface area contributed by atoms with Crippen molar-refractivity contribution < 1.29 is 14.7 Å². The van der Waals surface area contributed by atoms with E-state index in [1.54, 1.807) is 18.2 Å². The van der Waals surface area contributed by atoms with Gasteiger partial charge in [-0.1, -0.05) is 44.2 Å². The van der Waals surface area contributed by atoms with Gasteiger partial charge in [-0.25, -0.2) is 4.79 Å². The summed E-state index contributed by atoms with van der Waals surface area (Å²) in [5.41, 5.74) is 0.208. The molecule has 70 valence electrons. The summed E-state index contributed by atoms with van der Waals surface area (Å²) in [6.07, 6.45) is 0. The van der Waals surface area contributed by atoms with E-state index in [1.807, 2.05) is 13.8 Å². The summed E-state index contributed by atoms with van der Waals surface area (Å²) in [6, 6.07) is 7.90. The molecule has 1 aromatic rings. The van der Waals surface area contributed by atoms with Gasteiger partial charge < -0.3 is 5.11 Å². The lowest BCUT2D eigenvalue weighted by Crippen LogP contribution is -2.12. The van der Waals surface area contributed by atoms with E-state index in [4.69, 9.17) is 5.11 Å². The Kier molecular flexibility index (Phi) is 5.19. The lowest BCUT2D eigenvalue weighted by Gasteiger charge is -1.91. The van der Waals surface area contributed by atoms with Crippen molar-refractivity contribution in [3.63, 3.8) is 0 Å². The highest BCUT2D eigenvalue weighted by Gasteiger charge is 2.12. The van der Waals surface area contributed by atoms with Crippen LogP contribution in [0.1, 0.15) is 24.2 Å². The summed E-state index contributed by atoms with van der Waals surface area (Å²) in [6.45, 7) is 4.00. The number of aliphatic carboxylic acids is 1. The van der Waals surface area contributed by atoms with Gasteiger partial charge >= 0.3 is 5.97 Å². The van der Waals surface area contributed by atoms with Crippen LogP contribution in [0.2, 0.25) is 0 Å². The molecule has 0 unspecified atom stereocenters. The normalized spacial score (nSPS) is 8.15. The molecular formula is C10H12O3. The van der Waals surface area contributed by atoms with Crippen LogP contribution >= 0.6 is 0 Å². The minimum atomic E-state index is -1.42. The fraction of sp³-hybridized carbons (Fsp3) is 0.200. The largest absolute Gasteiger partial charge is 0.475 e. The van der Waals surface area contributed by atoms with Crippen LogP contribution in [-0.4, -0.2) is 16.9 Å². The first-order chi connectivity index (χ1) is 6.22. The molecule has 0 atom stereocenters. The van der Waals surface area contributed by atoms with Gasteiger partial charge in [0.25, 0.3) is 5.78 Å². The smallest absolute Gasteiger partial charge is 0.377 e. The second-order valence-electron chi connectivity index (χ2n) is 2.00. The van der Waals surface area contributed by atoms with E-state index in [9.17, 15) is 9.59 Å². The van der Waals surface area contributed by atoms with Crippen molar-refractivity contribution in [3.05, 3.63) is 35.9 Å². The van der Waals surface area contributed by atoms with E-state index >= 15 is 0 Å². The first-order valence-electron chi connectivity index (χ1n) is 4.04. The molecular weight excluding hydrogens is 168 g/mol. The van der Waals surface area contributed by atoms with Crippen LogP contribution in [0.3, 0.4) is 0 Å². The number of benzene rings is 1. The summed E-state index contributed by atoms with van der Waals surface area (Å²) in [5, 5.41) is 8.29. The van der Waals surface area contributed by atoms with Gasteiger partial charge in [0.1, 0.15) is 0 Å². The summed E-state index contributed by atoms with van der Waals surface area (Å²) in [4.78, 5) is 20.9. The predicted octanol–water partition coefficient (Wildman–Crippen LogP) is 1.98. The predicted molar refractivity (Wildman–Crippen MR) is 49.8 cm³/mol. The summed E-state index contributed by atoms with van der Waals surface area (Å²) < 4.78 is 0. The highest BCUT2D eigenvalue weighted by atomic mass is 16.4. The molecule has 0 aliphatic carbocycles. The molecule has 0 radical (unpaired) electrons. The number of carbonyl (C=O) groups is 2. The number of ketones is 1. The highest BCUT2D eigenvalue weighted by molar-refractivity contribution is 6.39. The summed E-state index contributed by atoms with van der Waals surface area (Å²) >= 11 is 0. The molecule has 0 amide bonds. The van der Waals surface area contributed by atoms with Gasteiger partial charge in [-0.3, -0.25) is 4.79 Å². The van der Waals surface area contributed by atoms with Crippen molar-refractivity contribution in [1.29, 1.82) is 0 Å². The van der Waals surface area contributed by atoms with Gasteiger partial charge in [0.05, 0.1) is 0 Å². The van der Waals surface area contributed by atoms with E-state index in [1.165, 1.54) is 12.1 Å². The third-order valence-corrected chi connectivity index (χ3v) is 1.23. The van der Waals surface area contributed by atoms with Crippen molar-refractivity contribution in [2.75, 3.05) is 0 Å². The van der Waals surface area contributed by atoms with Crippen molar-refractivity contribution in [1.82, 2.24) is 0 Å². The lowest BCUT2D eigenvalue weighted by atomic mass is 10.1. The molecule has 0 spiro atoms. The standard InChI is InChI=1S/C8H6O3.C2H6/c9-7(8(10)11)6-4-2-1-3-5-6;1-2/h1-5H,(H,10,11);1-2H3. The average Bonchev–Trinajstić information content (AvgIpc) is 2.21. The van der Waals surface area contributed by atoms with Crippen LogP contribution in [0.4, 0.5) is 0 Å². The maximum absolute atomic E-state index is 10.7. The molecule has 3 heteroatoms. The van der Waals surface area contributed by atoms with E-state index in [0.29, 0.717) is 0 Å². The number of carboxylic acids is 1. The second-order valence-corrected chi connectivity index (χ2v) is 2.00. The molecule has 1 N–H and O–H groups in total. The van der Waals surface area contributed by atoms with Crippen LogP contribution in [-0.2, 0) is 4.79 Å². The Morgan fingerprint density at radius 1 is 1.08 bits per heavy atom. The molecule has 0 heterocycles. The van der Waals surface area contributed by atoms with Gasteiger partial charge in [0.15, 0.2) is 0 Å². The molecule has 0 aromatic heterocycles. The number of rotatable bonds is 2. The molecule has 0 saturated carbocycles. The van der Waals surface area contributed by atoms with Gasteiger partial charge in [0.2, 0.25) is 0 Å². The Morgan fingerprint density at radius 2 is 1.54 bits per heavy atom. The Bertz CT molecular complexity index is 277. The van der Waals surface area contributed by atoms with Crippen LogP contribution in [0.5, 0.6) is 0 Å². The highest BCUT2D eigenvalue weighted by Crippen LogP contribution is 1.98. The number of carbonyl (C=O) groups excluding carboxylic acids is 1. The fourth-order valence-corrected chi connectivity index (χ4v) is 0.713. The molecule has 0 fully saturated rings. The Morgan fingerprint density at radius 3 is 1.92 bits per heavy atom. The van der Waals surface area contributed by atoms with E-state index in [2.05, 4.69) is 0 Å². The molecule has 1 rings (SSSR count). The van der Waals surface area contributed by atoms with Crippen LogP contribution < -0.4 is 0 Å². The number of carboxylic acid groups (broad SMARTS) is 1. The molecule has 0 aliphatic rings. The molecule has 0 bridgehead atoms. The zero-order chi connectivity index (χ0) is 10.3. The van der Waals surface area contributed by atoms with E-state index in [0.717, 1.165) is 0 Å². The van der Waals surface area contributed by atoms with Gasteiger partial charge in [-0.05, 0) is 0 Å². The average molecular weight is 180 g/mol. The van der Waals surface area contributed by atoms with Crippen LogP contribution in [0.15, 0.2) is 30.3 Å². The third-order valence-electron chi connectivity index (χ3n) is 1.23. The van der Waals surface area contributed by atoms with Crippen molar-refractivity contribution in [2.45, 2.75) is 13.8 Å². The minimum Gasteiger partial charge on any atom is -0.475 e. The van der Waals surface area contributed by atoms with Crippen LogP contribution in [0, 0.1) is 0 Å². The van der Waals surface area contributed by atoms with E-state index < -0.39 is 11.8 Å². The first kappa shape index (κ1) is 11.4. The van der Waals surface area contributed by atoms with Gasteiger partial charge in [-0.15, -0.1) is 0 Å². The zero-order valence-electron chi connectivity index (χ0n) is 7.65.